The molecule has 0 aliphatic heterocycles. The molecule has 0 bridgehead atoms. The van der Waals surface area contributed by atoms with Gasteiger partial charge in [-0.15, -0.1) is 0 Å². The molecule has 0 aliphatic carbocycles. The molecular formula is C22H18N4. The second kappa shape index (κ2) is 5.56. The lowest BCUT2D eigenvalue weighted by Gasteiger charge is -2.13. The maximum atomic E-state index is 5.00. The van der Waals surface area contributed by atoms with E-state index < -0.39 is 0 Å². The van der Waals surface area contributed by atoms with Crippen LogP contribution in [0, 0.1) is 0 Å². The largest absolute Gasteiger partial charge is 0.378 e. The molecule has 26 heavy (non-hydrogen) atoms. The van der Waals surface area contributed by atoms with E-state index in [4.69, 9.17) is 9.97 Å². The predicted octanol–water partition coefficient (Wildman–Crippen LogP) is 4.77. The summed E-state index contributed by atoms with van der Waals surface area (Å²) in [7, 11) is 4.10. The van der Waals surface area contributed by atoms with Crippen LogP contribution >= 0.6 is 0 Å². The highest BCUT2D eigenvalue weighted by Crippen LogP contribution is 2.33. The van der Waals surface area contributed by atoms with Crippen LogP contribution in [0.25, 0.3) is 38.8 Å². The summed E-state index contributed by atoms with van der Waals surface area (Å²) in [5.41, 5.74) is 7.18. The zero-order valence-corrected chi connectivity index (χ0v) is 14.7. The molecule has 0 aliphatic rings. The highest BCUT2D eigenvalue weighted by atomic mass is 15.1. The summed E-state index contributed by atoms with van der Waals surface area (Å²) in [4.78, 5) is 12.0. The van der Waals surface area contributed by atoms with Crippen LogP contribution in [-0.2, 0) is 0 Å². The number of hydrogen-bond acceptors (Lipinski definition) is 3. The molecule has 3 heterocycles. The number of para-hydroxylation sites is 1. The monoisotopic (exact) mass is 338 g/mol. The third-order valence-electron chi connectivity index (χ3n) is 4.80. The van der Waals surface area contributed by atoms with Gasteiger partial charge in [0, 0.05) is 36.9 Å². The minimum absolute atomic E-state index is 0.937. The quantitative estimate of drug-likeness (QED) is 0.465. The second-order valence-corrected chi connectivity index (χ2v) is 6.66. The summed E-state index contributed by atoms with van der Waals surface area (Å²) in [5.74, 6) is 0. The molecule has 126 valence electrons. The van der Waals surface area contributed by atoms with Crippen molar-refractivity contribution >= 4 is 33.3 Å². The van der Waals surface area contributed by atoms with Gasteiger partial charge in [0.15, 0.2) is 0 Å². The third-order valence-corrected chi connectivity index (χ3v) is 4.80. The SMILES string of the molecule is CN(C)c1ccc(-c2nc3ccccc3c3nc4ccccn4c23)cc1. The standard InChI is InChI=1S/C22H18N4/c1-25(2)16-12-10-15(11-13-16)20-22-21(17-7-3-4-8-18(17)23-20)24-19-9-5-6-14-26(19)22/h3-14H,1-2H3. The normalized spacial score (nSPS) is 11.5. The zero-order chi connectivity index (χ0) is 17.7. The van der Waals surface area contributed by atoms with E-state index in [-0.39, 0.29) is 0 Å². The molecule has 0 atom stereocenters. The van der Waals surface area contributed by atoms with E-state index in [0.717, 1.165) is 38.8 Å². The number of benzene rings is 2. The number of anilines is 1. The average Bonchev–Trinajstić information content (AvgIpc) is 3.07. The third kappa shape index (κ3) is 2.15. The average molecular weight is 338 g/mol. The van der Waals surface area contributed by atoms with Gasteiger partial charge in [0.2, 0.25) is 0 Å². The number of aromatic nitrogens is 3. The van der Waals surface area contributed by atoms with E-state index in [1.807, 2.05) is 44.4 Å². The molecule has 5 rings (SSSR count). The fraction of sp³-hybridized carbons (Fsp3) is 0.0909. The summed E-state index contributed by atoms with van der Waals surface area (Å²) >= 11 is 0. The van der Waals surface area contributed by atoms with Crippen LogP contribution < -0.4 is 4.90 Å². The second-order valence-electron chi connectivity index (χ2n) is 6.66. The van der Waals surface area contributed by atoms with Crippen LogP contribution in [-0.4, -0.2) is 28.5 Å². The van der Waals surface area contributed by atoms with Crippen molar-refractivity contribution in [1.29, 1.82) is 0 Å². The van der Waals surface area contributed by atoms with E-state index in [1.165, 1.54) is 5.69 Å². The Morgan fingerprint density at radius 2 is 1.58 bits per heavy atom. The van der Waals surface area contributed by atoms with Crippen molar-refractivity contribution in [2.45, 2.75) is 0 Å². The lowest BCUT2D eigenvalue weighted by molar-refractivity contribution is 1.13. The van der Waals surface area contributed by atoms with Gasteiger partial charge >= 0.3 is 0 Å². The van der Waals surface area contributed by atoms with Gasteiger partial charge in [0.1, 0.15) is 11.2 Å². The number of nitrogens with zero attached hydrogens (tertiary/aromatic N) is 4. The van der Waals surface area contributed by atoms with Gasteiger partial charge in [-0.25, -0.2) is 9.97 Å². The molecule has 0 N–H and O–H groups in total. The molecule has 0 amide bonds. The Hall–Kier alpha value is -3.40. The van der Waals surface area contributed by atoms with Crippen molar-refractivity contribution in [3.8, 4) is 11.3 Å². The Morgan fingerprint density at radius 1 is 0.808 bits per heavy atom. The van der Waals surface area contributed by atoms with E-state index in [2.05, 4.69) is 51.9 Å². The Bertz CT molecular complexity index is 1250. The van der Waals surface area contributed by atoms with Crippen LogP contribution in [0.5, 0.6) is 0 Å². The maximum Gasteiger partial charge on any atom is 0.137 e. The van der Waals surface area contributed by atoms with Gasteiger partial charge < -0.3 is 4.90 Å². The van der Waals surface area contributed by atoms with Crippen LogP contribution in [0.15, 0.2) is 72.9 Å². The molecule has 3 aromatic heterocycles. The lowest BCUT2D eigenvalue weighted by atomic mass is 10.1. The van der Waals surface area contributed by atoms with Crippen molar-refractivity contribution in [2.75, 3.05) is 19.0 Å². The Morgan fingerprint density at radius 3 is 2.38 bits per heavy atom. The van der Waals surface area contributed by atoms with Crippen molar-refractivity contribution in [2.24, 2.45) is 0 Å². The molecule has 0 spiro atoms. The number of hydrogen-bond donors (Lipinski definition) is 0. The van der Waals surface area contributed by atoms with Crippen LogP contribution in [0.1, 0.15) is 0 Å². The number of pyridine rings is 2. The zero-order valence-electron chi connectivity index (χ0n) is 14.7. The van der Waals surface area contributed by atoms with Crippen LogP contribution in [0.2, 0.25) is 0 Å². The molecule has 2 aromatic carbocycles. The molecule has 4 nitrogen and oxygen atoms in total. The summed E-state index contributed by atoms with van der Waals surface area (Å²) in [6.45, 7) is 0. The Balaban J connectivity index is 1.90. The Kier molecular flexibility index (Phi) is 3.19. The number of rotatable bonds is 2. The first-order valence-electron chi connectivity index (χ1n) is 8.66. The molecule has 0 fully saturated rings. The fourth-order valence-electron chi connectivity index (χ4n) is 3.47. The molecule has 5 aromatic rings. The van der Waals surface area contributed by atoms with Gasteiger partial charge in [-0.3, -0.25) is 4.40 Å². The fourth-order valence-corrected chi connectivity index (χ4v) is 3.47. The molecular weight excluding hydrogens is 320 g/mol. The Labute approximate surface area is 151 Å². The van der Waals surface area contributed by atoms with Crippen molar-refractivity contribution in [3.63, 3.8) is 0 Å². The first kappa shape index (κ1) is 14.9. The number of imidazole rings is 1. The van der Waals surface area contributed by atoms with Crippen molar-refractivity contribution < 1.29 is 0 Å². The number of fused-ring (bicyclic) bond motifs is 5. The van der Waals surface area contributed by atoms with E-state index in [1.54, 1.807) is 0 Å². The van der Waals surface area contributed by atoms with Crippen molar-refractivity contribution in [3.05, 3.63) is 72.9 Å². The van der Waals surface area contributed by atoms with Gasteiger partial charge in [0.25, 0.3) is 0 Å². The first-order chi connectivity index (χ1) is 12.7. The topological polar surface area (TPSA) is 33.4 Å². The highest BCUT2D eigenvalue weighted by molar-refractivity contribution is 6.08. The molecule has 0 unspecified atom stereocenters. The van der Waals surface area contributed by atoms with Crippen LogP contribution in [0.4, 0.5) is 5.69 Å². The smallest absolute Gasteiger partial charge is 0.137 e. The molecule has 0 saturated heterocycles. The highest BCUT2D eigenvalue weighted by Gasteiger charge is 2.15. The van der Waals surface area contributed by atoms with Gasteiger partial charge in [-0.2, -0.15) is 0 Å². The molecule has 0 saturated carbocycles. The van der Waals surface area contributed by atoms with Gasteiger partial charge in [-0.1, -0.05) is 36.4 Å². The van der Waals surface area contributed by atoms with E-state index in [0.29, 0.717) is 0 Å². The van der Waals surface area contributed by atoms with E-state index in [9.17, 15) is 0 Å². The predicted molar refractivity (Wildman–Crippen MR) is 108 cm³/mol. The van der Waals surface area contributed by atoms with Gasteiger partial charge in [-0.05, 0) is 30.3 Å². The summed E-state index contributed by atoms with van der Waals surface area (Å²) in [6, 6.07) is 22.8. The molecule has 0 radical (unpaired) electrons. The summed E-state index contributed by atoms with van der Waals surface area (Å²) in [5, 5.41) is 1.08. The summed E-state index contributed by atoms with van der Waals surface area (Å²) < 4.78 is 2.13. The molecule has 4 heteroatoms. The minimum atomic E-state index is 0.937. The van der Waals surface area contributed by atoms with Crippen molar-refractivity contribution in [1.82, 2.24) is 14.4 Å². The maximum absolute atomic E-state index is 5.00. The summed E-state index contributed by atoms with van der Waals surface area (Å²) in [6.07, 6.45) is 2.05. The van der Waals surface area contributed by atoms with Gasteiger partial charge in [0.05, 0.1) is 16.7 Å². The lowest BCUT2D eigenvalue weighted by Crippen LogP contribution is -2.08. The van der Waals surface area contributed by atoms with Crippen LogP contribution in [0.3, 0.4) is 0 Å². The first-order valence-corrected chi connectivity index (χ1v) is 8.66. The van der Waals surface area contributed by atoms with E-state index >= 15 is 0 Å². The minimum Gasteiger partial charge on any atom is -0.378 e.